The van der Waals surface area contributed by atoms with Crippen LogP contribution in [0.15, 0.2) is 30.2 Å². The normalized spacial score (nSPS) is 22.8. The molecule has 1 aliphatic heterocycles. The van der Waals surface area contributed by atoms with Gasteiger partial charge in [0, 0.05) is 18.5 Å². The molecule has 1 amide bonds. The molecule has 0 aromatic heterocycles. The molecule has 1 aromatic carbocycles. The van der Waals surface area contributed by atoms with Crippen LogP contribution in [-0.2, 0) is 25.5 Å². The van der Waals surface area contributed by atoms with E-state index in [-0.39, 0.29) is 55.8 Å². The first-order valence-electron chi connectivity index (χ1n) is 10.7. The van der Waals surface area contributed by atoms with Gasteiger partial charge in [-0.05, 0) is 31.7 Å². The number of amides is 1. The maximum Gasteiger partial charge on any atom is 0.409 e. The summed E-state index contributed by atoms with van der Waals surface area (Å²) >= 11 is 0. The maximum atomic E-state index is 12.5. The number of hydrogen-bond donors (Lipinski definition) is 0. The Balaban J connectivity index is 2.30. The monoisotopic (exact) mass is 352 g/mol. The van der Waals surface area contributed by atoms with Crippen molar-refractivity contribution in [1.82, 2.24) is 4.90 Å². The lowest BCUT2D eigenvalue weighted by Crippen LogP contribution is -2.48. The van der Waals surface area contributed by atoms with Crippen molar-refractivity contribution < 1.29 is 30.7 Å². The van der Waals surface area contributed by atoms with Crippen LogP contribution in [0.3, 0.4) is 0 Å². The summed E-state index contributed by atoms with van der Waals surface area (Å²) < 4.78 is 49.2. The molecule has 0 bridgehead atoms. The molecule has 0 radical (unpaired) electrons. The van der Waals surface area contributed by atoms with Gasteiger partial charge < -0.3 is 14.4 Å². The van der Waals surface area contributed by atoms with E-state index in [2.05, 4.69) is 0 Å². The van der Waals surface area contributed by atoms with Crippen LogP contribution < -0.4 is 0 Å². The molecule has 0 saturated carbocycles. The Kier molecular flexibility index (Phi) is 4.75. The van der Waals surface area contributed by atoms with E-state index >= 15 is 0 Å². The number of hydrogen-bond acceptors (Lipinski definition) is 5. The van der Waals surface area contributed by atoms with E-state index in [1.165, 1.54) is 12.0 Å². The molecule has 6 nitrogen and oxygen atoms in total. The molecule has 1 heterocycles. The molecule has 1 fully saturated rings. The standard InChI is InChI=1S/C19H25NO5/c1-3-25-18(22)13-17(21)15-9-10-20(19(23)24-2)16(12-15)11-14-7-5-4-6-8-14/h4-8,15-16H,3,9-13H2,1-2H3/t15-,16-/m0/s1/i4D,5D,6D,7D,8D. The lowest BCUT2D eigenvalue weighted by molar-refractivity contribution is -0.146. The van der Waals surface area contributed by atoms with E-state index < -0.39 is 42.1 Å². The first-order chi connectivity index (χ1) is 14.1. The van der Waals surface area contributed by atoms with E-state index in [1.54, 1.807) is 6.92 Å². The molecule has 1 saturated heterocycles. The minimum Gasteiger partial charge on any atom is -0.466 e. The number of benzene rings is 1. The Labute approximate surface area is 155 Å². The first-order valence-corrected chi connectivity index (χ1v) is 8.21. The highest BCUT2D eigenvalue weighted by Gasteiger charge is 2.35. The number of carbonyl (C=O) groups excluding carboxylic acids is 3. The second-order valence-corrected chi connectivity index (χ2v) is 5.79. The number of piperidine rings is 1. The molecule has 2 rings (SSSR count). The van der Waals surface area contributed by atoms with Gasteiger partial charge in [-0.2, -0.15) is 0 Å². The summed E-state index contributed by atoms with van der Waals surface area (Å²) in [7, 11) is 1.22. The van der Waals surface area contributed by atoms with Crippen molar-refractivity contribution in [3.63, 3.8) is 0 Å². The minimum absolute atomic E-state index is 0.0337. The lowest BCUT2D eigenvalue weighted by atomic mass is 9.84. The molecule has 1 aliphatic rings. The molecule has 6 heteroatoms. The summed E-state index contributed by atoms with van der Waals surface area (Å²) in [5, 5.41) is 0. The van der Waals surface area contributed by atoms with Crippen LogP contribution in [0, 0.1) is 5.92 Å². The number of esters is 1. The van der Waals surface area contributed by atoms with Crippen molar-refractivity contribution in [2.75, 3.05) is 20.3 Å². The summed E-state index contributed by atoms with van der Waals surface area (Å²) in [6.07, 6.45) is -0.491. The van der Waals surface area contributed by atoms with E-state index in [1.807, 2.05) is 0 Å². The second-order valence-electron chi connectivity index (χ2n) is 5.79. The highest BCUT2D eigenvalue weighted by molar-refractivity contribution is 5.96. The Morgan fingerprint density at radius 3 is 2.64 bits per heavy atom. The average Bonchev–Trinajstić information content (AvgIpc) is 2.73. The molecule has 0 N–H and O–H groups in total. The predicted molar refractivity (Wildman–Crippen MR) is 92.0 cm³/mol. The van der Waals surface area contributed by atoms with Gasteiger partial charge in [-0.3, -0.25) is 9.59 Å². The van der Waals surface area contributed by atoms with Crippen molar-refractivity contribution in [3.8, 4) is 0 Å². The van der Waals surface area contributed by atoms with Gasteiger partial charge in [-0.25, -0.2) is 4.79 Å². The molecule has 0 unspecified atom stereocenters. The number of ketones is 1. The highest BCUT2D eigenvalue weighted by Crippen LogP contribution is 2.27. The quantitative estimate of drug-likeness (QED) is 0.581. The summed E-state index contributed by atoms with van der Waals surface area (Å²) in [6.45, 7) is 2.01. The zero-order valence-corrected chi connectivity index (χ0v) is 14.4. The molecular weight excluding hydrogens is 322 g/mol. The summed E-state index contributed by atoms with van der Waals surface area (Å²) in [4.78, 5) is 37.8. The number of methoxy groups -OCH3 is 1. The number of nitrogens with zero attached hydrogens (tertiary/aromatic N) is 1. The SMILES string of the molecule is [2H]c1c([2H])c([2H])c(C[C@H]2C[C@@H](C(=O)CC(=O)OCC)CCN2C(=O)OC)c([2H])c1[2H]. The van der Waals surface area contributed by atoms with Gasteiger partial charge in [0.05, 0.1) is 20.6 Å². The van der Waals surface area contributed by atoms with Gasteiger partial charge in [0.1, 0.15) is 12.2 Å². The summed E-state index contributed by atoms with van der Waals surface area (Å²) in [5.41, 5.74) is 0.0680. The molecular formula is C19H25NO5. The largest absolute Gasteiger partial charge is 0.466 e. The van der Waals surface area contributed by atoms with Crippen LogP contribution >= 0.6 is 0 Å². The maximum absolute atomic E-state index is 12.5. The van der Waals surface area contributed by atoms with Crippen molar-refractivity contribution >= 4 is 17.8 Å². The predicted octanol–water partition coefficient (Wildman–Crippen LogP) is 2.60. The van der Waals surface area contributed by atoms with Gasteiger partial charge in [0.25, 0.3) is 0 Å². The third kappa shape index (κ3) is 5.31. The molecule has 2 atom stereocenters. The average molecular weight is 352 g/mol. The number of rotatable bonds is 6. The molecule has 136 valence electrons. The molecule has 25 heavy (non-hydrogen) atoms. The fraction of sp³-hybridized carbons (Fsp3) is 0.526. The van der Waals surface area contributed by atoms with Gasteiger partial charge in [0.15, 0.2) is 0 Å². The van der Waals surface area contributed by atoms with E-state index in [9.17, 15) is 14.4 Å². The first kappa shape index (κ1) is 12.9. The molecule has 0 aliphatic carbocycles. The third-order valence-corrected chi connectivity index (χ3v) is 4.20. The van der Waals surface area contributed by atoms with Crippen LogP contribution in [0.1, 0.15) is 38.6 Å². The van der Waals surface area contributed by atoms with Crippen LogP contribution in [0.4, 0.5) is 4.79 Å². The number of carbonyl (C=O) groups is 3. The van der Waals surface area contributed by atoms with Crippen molar-refractivity contribution in [2.24, 2.45) is 5.92 Å². The van der Waals surface area contributed by atoms with Crippen LogP contribution in [0.25, 0.3) is 0 Å². The Bertz CT molecular complexity index is 818. The Morgan fingerprint density at radius 1 is 1.28 bits per heavy atom. The van der Waals surface area contributed by atoms with Crippen LogP contribution in [0.5, 0.6) is 0 Å². The third-order valence-electron chi connectivity index (χ3n) is 4.20. The fourth-order valence-electron chi connectivity index (χ4n) is 3.01. The van der Waals surface area contributed by atoms with Gasteiger partial charge in [0.2, 0.25) is 0 Å². The topological polar surface area (TPSA) is 72.9 Å². The summed E-state index contributed by atoms with van der Waals surface area (Å²) in [6, 6.07) is -2.71. The number of Topliss-reactive ketones (excluding diaryl/α,β-unsaturated/α-hetero) is 1. The van der Waals surface area contributed by atoms with Gasteiger partial charge in [-0.15, -0.1) is 0 Å². The lowest BCUT2D eigenvalue weighted by Gasteiger charge is -2.38. The Hall–Kier alpha value is -2.37. The van der Waals surface area contributed by atoms with Crippen LogP contribution in [-0.4, -0.2) is 49.0 Å². The minimum atomic E-state index is -0.622. The fourth-order valence-corrected chi connectivity index (χ4v) is 3.01. The van der Waals surface area contributed by atoms with Crippen LogP contribution in [0.2, 0.25) is 0 Å². The zero-order valence-electron chi connectivity index (χ0n) is 19.4. The second kappa shape index (κ2) is 9.20. The van der Waals surface area contributed by atoms with E-state index in [0.717, 1.165) is 0 Å². The molecule has 1 aromatic rings. The van der Waals surface area contributed by atoms with Crippen molar-refractivity contribution in [2.45, 2.75) is 38.6 Å². The number of likely N-dealkylation sites (tertiary alicyclic amines) is 1. The van der Waals surface area contributed by atoms with Gasteiger partial charge in [-0.1, -0.05) is 30.2 Å². The highest BCUT2D eigenvalue weighted by atomic mass is 16.5. The summed E-state index contributed by atoms with van der Waals surface area (Å²) in [5.74, 6) is -1.42. The molecule has 0 spiro atoms. The van der Waals surface area contributed by atoms with E-state index in [0.29, 0.717) is 6.42 Å². The number of ether oxygens (including phenoxy) is 2. The smallest absolute Gasteiger partial charge is 0.409 e. The Morgan fingerprint density at radius 2 is 2.00 bits per heavy atom. The van der Waals surface area contributed by atoms with Crippen molar-refractivity contribution in [3.05, 3.63) is 35.8 Å². The van der Waals surface area contributed by atoms with E-state index in [4.69, 9.17) is 16.3 Å². The zero-order chi connectivity index (χ0) is 22.6. The van der Waals surface area contributed by atoms with Crippen molar-refractivity contribution in [1.29, 1.82) is 0 Å². The van der Waals surface area contributed by atoms with Gasteiger partial charge >= 0.3 is 12.1 Å².